The van der Waals surface area contributed by atoms with E-state index >= 15 is 0 Å². The van der Waals surface area contributed by atoms with E-state index in [4.69, 9.17) is 4.42 Å². The number of carbonyl (C=O) groups excluding carboxylic acids is 1. The first-order chi connectivity index (χ1) is 14.0. The number of aryl methyl sites for hydroxylation is 1. The highest BCUT2D eigenvalue weighted by molar-refractivity contribution is 7.14. The molecule has 0 fully saturated rings. The van der Waals surface area contributed by atoms with E-state index in [2.05, 4.69) is 15.3 Å². The third-order valence-corrected chi connectivity index (χ3v) is 4.97. The molecular weight excluding hydrogens is 396 g/mol. The Balaban J connectivity index is 1.45. The van der Waals surface area contributed by atoms with Crippen molar-refractivity contribution in [3.63, 3.8) is 0 Å². The molecule has 0 radical (unpaired) electrons. The predicted molar refractivity (Wildman–Crippen MR) is 106 cm³/mol. The van der Waals surface area contributed by atoms with Gasteiger partial charge in [0.15, 0.2) is 16.8 Å². The molecule has 29 heavy (non-hydrogen) atoms. The molecule has 4 aromatic rings. The lowest BCUT2D eigenvalue weighted by Gasteiger charge is -2.00. The number of halogens is 2. The maximum atomic E-state index is 13.4. The lowest BCUT2D eigenvalue weighted by atomic mass is 10.2. The van der Waals surface area contributed by atoms with Gasteiger partial charge in [0.25, 0.3) is 0 Å². The quantitative estimate of drug-likeness (QED) is 0.488. The summed E-state index contributed by atoms with van der Waals surface area (Å²) < 4.78 is 32.1. The van der Waals surface area contributed by atoms with Crippen LogP contribution in [-0.4, -0.2) is 15.9 Å². The Labute approximate surface area is 169 Å². The number of anilines is 1. The first kappa shape index (κ1) is 18.9. The normalized spacial score (nSPS) is 10.9. The van der Waals surface area contributed by atoms with Gasteiger partial charge in [0.2, 0.25) is 11.8 Å². The molecule has 1 N–H and O–H groups in total. The summed E-state index contributed by atoms with van der Waals surface area (Å²) in [4.78, 5) is 21.1. The highest BCUT2D eigenvalue weighted by Gasteiger charge is 2.16. The van der Waals surface area contributed by atoms with Crippen molar-refractivity contribution in [1.82, 2.24) is 9.97 Å². The third kappa shape index (κ3) is 4.22. The third-order valence-electron chi connectivity index (χ3n) is 4.21. The summed E-state index contributed by atoms with van der Waals surface area (Å²) in [6.45, 7) is 1.76. The number of oxazole rings is 1. The standard InChI is InChI=1S/C21H15F2N3O2S/c1-12-17(24-20(28-12)13-5-3-2-4-6-13)10-19(27)26-21-25-18(11-29-21)14-7-8-15(22)16(23)9-14/h2-9,11H,10H2,1H3,(H,25,26,27). The Bertz CT molecular complexity index is 1170. The van der Waals surface area contributed by atoms with Crippen LogP contribution >= 0.6 is 11.3 Å². The van der Waals surface area contributed by atoms with Crippen molar-refractivity contribution < 1.29 is 18.0 Å². The smallest absolute Gasteiger partial charge is 0.232 e. The number of amides is 1. The van der Waals surface area contributed by atoms with Crippen molar-refractivity contribution in [3.05, 3.63) is 77.0 Å². The fourth-order valence-corrected chi connectivity index (χ4v) is 3.47. The number of rotatable bonds is 5. The lowest BCUT2D eigenvalue weighted by molar-refractivity contribution is -0.115. The van der Waals surface area contributed by atoms with Crippen LogP contribution in [0.3, 0.4) is 0 Å². The number of carbonyl (C=O) groups is 1. The van der Waals surface area contributed by atoms with Crippen molar-refractivity contribution >= 4 is 22.4 Å². The number of hydrogen-bond donors (Lipinski definition) is 1. The minimum atomic E-state index is -0.947. The van der Waals surface area contributed by atoms with Gasteiger partial charge in [0, 0.05) is 16.5 Å². The molecule has 2 aromatic carbocycles. The molecule has 5 nitrogen and oxygen atoms in total. The van der Waals surface area contributed by atoms with Crippen LogP contribution in [0.25, 0.3) is 22.7 Å². The molecule has 8 heteroatoms. The Hall–Kier alpha value is -3.39. The number of benzene rings is 2. The molecule has 0 aliphatic rings. The van der Waals surface area contributed by atoms with Gasteiger partial charge >= 0.3 is 0 Å². The van der Waals surface area contributed by atoms with Gasteiger partial charge in [-0.1, -0.05) is 18.2 Å². The number of nitrogens with one attached hydrogen (secondary N) is 1. The maximum absolute atomic E-state index is 13.4. The van der Waals surface area contributed by atoms with Gasteiger partial charge in [0.1, 0.15) is 5.76 Å². The highest BCUT2D eigenvalue weighted by Crippen LogP contribution is 2.26. The average Bonchev–Trinajstić information content (AvgIpc) is 3.32. The van der Waals surface area contributed by atoms with Gasteiger partial charge < -0.3 is 9.73 Å². The summed E-state index contributed by atoms with van der Waals surface area (Å²) >= 11 is 1.20. The molecule has 0 spiro atoms. The largest absolute Gasteiger partial charge is 0.441 e. The first-order valence-electron chi connectivity index (χ1n) is 8.72. The highest BCUT2D eigenvalue weighted by atomic mass is 32.1. The zero-order chi connectivity index (χ0) is 20.4. The van der Waals surface area contributed by atoms with E-state index in [0.29, 0.717) is 33.7 Å². The Morgan fingerprint density at radius 1 is 1.07 bits per heavy atom. The molecule has 2 heterocycles. The lowest BCUT2D eigenvalue weighted by Crippen LogP contribution is -2.15. The molecule has 0 unspecified atom stereocenters. The summed E-state index contributed by atoms with van der Waals surface area (Å²) in [6, 6.07) is 13.0. The van der Waals surface area contributed by atoms with Crippen molar-refractivity contribution in [2.75, 3.05) is 5.32 Å². The second-order valence-electron chi connectivity index (χ2n) is 6.28. The maximum Gasteiger partial charge on any atom is 0.232 e. The first-order valence-corrected chi connectivity index (χ1v) is 9.60. The molecule has 0 saturated heterocycles. The van der Waals surface area contributed by atoms with Gasteiger partial charge in [-0.3, -0.25) is 4.79 Å². The molecule has 146 valence electrons. The van der Waals surface area contributed by atoms with E-state index in [0.717, 1.165) is 17.7 Å². The fourth-order valence-electron chi connectivity index (χ4n) is 2.73. The number of thiazole rings is 1. The molecule has 0 aliphatic carbocycles. The van der Waals surface area contributed by atoms with Gasteiger partial charge in [0.05, 0.1) is 17.8 Å². The average molecular weight is 411 g/mol. The van der Waals surface area contributed by atoms with Gasteiger partial charge in [-0.15, -0.1) is 11.3 Å². The summed E-state index contributed by atoms with van der Waals surface area (Å²) in [7, 11) is 0. The van der Waals surface area contributed by atoms with Crippen molar-refractivity contribution in [3.8, 4) is 22.7 Å². The number of nitrogens with zero attached hydrogens (tertiary/aromatic N) is 2. The summed E-state index contributed by atoms with van der Waals surface area (Å²) in [5.41, 5.74) is 2.26. The van der Waals surface area contributed by atoms with Gasteiger partial charge in [-0.05, 0) is 37.3 Å². The molecule has 1 amide bonds. The van der Waals surface area contributed by atoms with Gasteiger partial charge in [-0.2, -0.15) is 0 Å². The van der Waals surface area contributed by atoms with Crippen LogP contribution in [0, 0.1) is 18.6 Å². The van der Waals surface area contributed by atoms with E-state index < -0.39 is 11.6 Å². The van der Waals surface area contributed by atoms with Crippen LogP contribution in [0.4, 0.5) is 13.9 Å². The summed E-state index contributed by atoms with van der Waals surface area (Å²) in [5, 5.41) is 4.73. The molecular formula is C21H15F2N3O2S. The SMILES string of the molecule is Cc1oc(-c2ccccc2)nc1CC(=O)Nc1nc(-c2ccc(F)c(F)c2)cs1. The monoisotopic (exact) mass is 411 g/mol. The van der Waals surface area contributed by atoms with Crippen LogP contribution in [0.15, 0.2) is 58.3 Å². The van der Waals surface area contributed by atoms with Crippen molar-refractivity contribution in [2.45, 2.75) is 13.3 Å². The molecule has 0 atom stereocenters. The van der Waals surface area contributed by atoms with Crippen LogP contribution in [0.2, 0.25) is 0 Å². The molecule has 0 saturated carbocycles. The van der Waals surface area contributed by atoms with Crippen LogP contribution in [-0.2, 0) is 11.2 Å². The van der Waals surface area contributed by atoms with Crippen LogP contribution in [0.1, 0.15) is 11.5 Å². The van der Waals surface area contributed by atoms with Crippen LogP contribution < -0.4 is 5.32 Å². The van der Waals surface area contributed by atoms with E-state index in [9.17, 15) is 13.6 Å². The van der Waals surface area contributed by atoms with E-state index in [1.807, 2.05) is 30.3 Å². The molecule has 0 bridgehead atoms. The van der Waals surface area contributed by atoms with E-state index in [-0.39, 0.29) is 12.3 Å². The Kier molecular flexibility index (Phi) is 5.18. The minimum Gasteiger partial charge on any atom is -0.441 e. The van der Waals surface area contributed by atoms with Gasteiger partial charge in [-0.25, -0.2) is 18.7 Å². The van der Waals surface area contributed by atoms with E-state index in [1.54, 1.807) is 12.3 Å². The molecule has 2 aromatic heterocycles. The zero-order valence-electron chi connectivity index (χ0n) is 15.3. The second-order valence-corrected chi connectivity index (χ2v) is 7.14. The topological polar surface area (TPSA) is 68.0 Å². The second kappa shape index (κ2) is 7.92. The summed E-state index contributed by atoms with van der Waals surface area (Å²) in [6.07, 6.45) is 0.0300. The van der Waals surface area contributed by atoms with Crippen molar-refractivity contribution in [1.29, 1.82) is 0 Å². The predicted octanol–water partition coefficient (Wildman–Crippen LogP) is 5.23. The molecule has 0 aliphatic heterocycles. The van der Waals surface area contributed by atoms with E-state index in [1.165, 1.54) is 17.4 Å². The molecule has 4 rings (SSSR count). The Morgan fingerprint density at radius 2 is 1.86 bits per heavy atom. The minimum absolute atomic E-state index is 0.0300. The fraction of sp³-hybridized carbons (Fsp3) is 0.0952. The Morgan fingerprint density at radius 3 is 2.62 bits per heavy atom. The van der Waals surface area contributed by atoms with Crippen LogP contribution in [0.5, 0.6) is 0 Å². The summed E-state index contributed by atoms with van der Waals surface area (Å²) in [5.74, 6) is -1.14. The zero-order valence-corrected chi connectivity index (χ0v) is 16.1. The number of aromatic nitrogens is 2. The van der Waals surface area contributed by atoms with Crippen molar-refractivity contribution in [2.24, 2.45) is 0 Å². The number of hydrogen-bond acceptors (Lipinski definition) is 5.